The number of carbonyl (C=O) groups excluding carboxylic acids is 6. The molecule has 0 spiro atoms. The van der Waals surface area contributed by atoms with Crippen molar-refractivity contribution in [2.24, 2.45) is 12.0 Å². The van der Waals surface area contributed by atoms with Crippen LogP contribution in [0, 0.1) is 11.6 Å². The maximum atomic E-state index is 15.4. The number of rotatable bonds is 17. The molecule has 8 rings (SSSR count). The third kappa shape index (κ3) is 10.0. The van der Waals surface area contributed by atoms with Crippen molar-refractivity contribution < 1.29 is 67.1 Å². The predicted molar refractivity (Wildman–Crippen MR) is 229 cm³/mol. The molecule has 0 radical (unpaired) electrons. The molecule has 1 aromatic heterocycles. The van der Waals surface area contributed by atoms with Crippen molar-refractivity contribution in [3.63, 3.8) is 0 Å². The van der Waals surface area contributed by atoms with Crippen molar-refractivity contribution in [3.8, 4) is 5.75 Å². The molecule has 4 aliphatic rings. The van der Waals surface area contributed by atoms with E-state index in [0.717, 1.165) is 23.1 Å². The van der Waals surface area contributed by atoms with Crippen LogP contribution in [0.3, 0.4) is 0 Å². The molecule has 3 aromatic carbocycles. The normalized spacial score (nSPS) is 22.1. The van der Waals surface area contributed by atoms with E-state index in [9.17, 15) is 48.5 Å². The van der Waals surface area contributed by atoms with Crippen LogP contribution in [0.5, 0.6) is 5.75 Å². The molecule has 350 valence electrons. The fraction of sp³-hybridized carbons (Fsp3) is 0.370. The van der Waals surface area contributed by atoms with Gasteiger partial charge in [-0.1, -0.05) is 18.2 Å². The summed E-state index contributed by atoms with van der Waals surface area (Å²) in [6.07, 6.45) is -3.48. The summed E-state index contributed by atoms with van der Waals surface area (Å²) in [6, 6.07) is 11.7. The molecule has 0 aliphatic carbocycles. The number of benzene rings is 3. The molecule has 1 saturated heterocycles. The molecule has 5 heterocycles. The third-order valence-electron chi connectivity index (χ3n) is 11.9. The van der Waals surface area contributed by atoms with Crippen LogP contribution in [0.15, 0.2) is 78.1 Å². The topological polar surface area (TPSA) is 252 Å². The SMILES string of the molecule is Cn1ncnc1[C@H]1C2=NCC(=O)c3cc(F)cc(c32)N(CNC(=O)OCc2ccc(O[C@@H]3OC[C@@H](O)[C@H](O)[C@H]3O)c(CC(=O)CCCC(=O)CCN3C(=O)C=CC3=O)c2)[C@@H]1c1ccc(F)cc1. The van der Waals surface area contributed by atoms with E-state index in [1.807, 2.05) is 0 Å². The van der Waals surface area contributed by atoms with E-state index in [1.54, 1.807) is 24.1 Å². The van der Waals surface area contributed by atoms with Gasteiger partial charge in [0.2, 0.25) is 6.29 Å². The second-order valence-corrected chi connectivity index (χ2v) is 16.4. The number of hydrogen-bond donors (Lipinski definition) is 4. The van der Waals surface area contributed by atoms with Crippen LogP contribution in [0.4, 0.5) is 19.3 Å². The van der Waals surface area contributed by atoms with Crippen molar-refractivity contribution >= 4 is 46.7 Å². The number of hydrogen-bond acceptors (Lipinski definition) is 16. The number of aromatic nitrogens is 3. The Morgan fingerprint density at radius 1 is 0.910 bits per heavy atom. The number of aryl methyl sites for hydroxylation is 1. The summed E-state index contributed by atoms with van der Waals surface area (Å²) in [5.74, 6) is -3.38. The number of halogens is 2. The minimum absolute atomic E-state index is 0.0154. The van der Waals surface area contributed by atoms with Gasteiger partial charge in [-0.3, -0.25) is 38.5 Å². The van der Waals surface area contributed by atoms with Crippen LogP contribution < -0.4 is 15.0 Å². The Kier molecular flexibility index (Phi) is 13.7. The van der Waals surface area contributed by atoms with Crippen LogP contribution in [0.2, 0.25) is 0 Å². The van der Waals surface area contributed by atoms with Gasteiger partial charge in [0, 0.05) is 68.1 Å². The van der Waals surface area contributed by atoms with E-state index in [1.165, 1.54) is 47.4 Å². The maximum absolute atomic E-state index is 15.4. The molecule has 4 aromatic rings. The third-order valence-corrected chi connectivity index (χ3v) is 11.9. The number of aliphatic hydroxyl groups is 3. The molecule has 4 aliphatic heterocycles. The van der Waals surface area contributed by atoms with Crippen molar-refractivity contribution in [1.29, 1.82) is 0 Å². The fourth-order valence-electron chi connectivity index (χ4n) is 8.56. The van der Waals surface area contributed by atoms with E-state index >= 15 is 4.39 Å². The number of nitrogens with zero attached hydrogens (tertiary/aromatic N) is 6. The number of nitrogens with one attached hydrogen (secondary N) is 1. The monoisotopic (exact) mass is 925 g/mol. The van der Waals surface area contributed by atoms with Gasteiger partial charge < -0.3 is 39.7 Å². The Morgan fingerprint density at radius 2 is 1.66 bits per heavy atom. The summed E-state index contributed by atoms with van der Waals surface area (Å²) in [5.41, 5.74) is 2.38. The van der Waals surface area contributed by atoms with E-state index in [-0.39, 0.29) is 99.2 Å². The fourth-order valence-corrected chi connectivity index (χ4v) is 8.56. The highest BCUT2D eigenvalue weighted by molar-refractivity contribution is 6.21. The largest absolute Gasteiger partial charge is 0.462 e. The summed E-state index contributed by atoms with van der Waals surface area (Å²) in [4.78, 5) is 87.9. The van der Waals surface area contributed by atoms with Crippen LogP contribution in [-0.4, -0.2) is 127 Å². The minimum Gasteiger partial charge on any atom is -0.462 e. The number of amides is 3. The van der Waals surface area contributed by atoms with Crippen molar-refractivity contribution in [1.82, 2.24) is 25.0 Å². The lowest BCUT2D eigenvalue weighted by atomic mass is 9.76. The van der Waals surface area contributed by atoms with Crippen molar-refractivity contribution in [3.05, 3.63) is 118 Å². The van der Waals surface area contributed by atoms with Gasteiger partial charge >= 0.3 is 6.09 Å². The summed E-state index contributed by atoms with van der Waals surface area (Å²) < 4.78 is 48.1. The number of ether oxygens (including phenoxy) is 3. The standard InChI is InChI=1S/C46H45F2N7O12/c1-53-44(50-22-52-53)39-40-38-31(33(58)19-49-40)17-28(48)18-32(38)55(41(39)25-6-8-27(47)9-7-25)23-51-46(64)66-20-24-5-10-35(67-45-43(63)42(62)34(59)21-65-45)26(15-24)16-30(57)4-2-3-29(56)13-14-54-36(60)11-12-37(54)61/h5-12,15,17-18,22,34,39,41-43,45,59,62-63H,2-4,13-14,16,19-21,23H2,1H3,(H,51,64)/t34-,39+,41-,42+,43-,45+/m1/s1. The van der Waals surface area contributed by atoms with Gasteiger partial charge in [-0.25, -0.2) is 18.6 Å². The summed E-state index contributed by atoms with van der Waals surface area (Å²) in [7, 11) is 1.68. The number of carbonyl (C=O) groups is 6. The lowest BCUT2D eigenvalue weighted by molar-refractivity contribution is -0.242. The molecule has 21 heteroatoms. The van der Waals surface area contributed by atoms with Gasteiger partial charge in [0.1, 0.15) is 72.6 Å². The summed E-state index contributed by atoms with van der Waals surface area (Å²) in [6.45, 7) is -1.30. The maximum Gasteiger partial charge on any atom is 0.408 e. The highest BCUT2D eigenvalue weighted by Gasteiger charge is 2.46. The molecule has 3 amide bonds. The molecular formula is C46H45F2N7O12. The van der Waals surface area contributed by atoms with E-state index < -0.39 is 71.9 Å². The van der Waals surface area contributed by atoms with Crippen LogP contribution in [0.1, 0.15) is 76.1 Å². The van der Waals surface area contributed by atoms with Crippen LogP contribution in [-0.2, 0) is 48.7 Å². The Hall–Kier alpha value is -7.07. The Labute approximate surface area is 380 Å². The van der Waals surface area contributed by atoms with Gasteiger partial charge in [0.15, 0.2) is 5.78 Å². The predicted octanol–water partition coefficient (Wildman–Crippen LogP) is 2.29. The second kappa shape index (κ2) is 19.8. The Bertz CT molecular complexity index is 2650. The first kappa shape index (κ1) is 46.5. The zero-order valence-corrected chi connectivity index (χ0v) is 35.9. The van der Waals surface area contributed by atoms with Crippen LogP contribution >= 0.6 is 0 Å². The first-order chi connectivity index (χ1) is 32.2. The highest BCUT2D eigenvalue weighted by atomic mass is 19.1. The quantitative estimate of drug-likeness (QED) is 0.111. The number of ketones is 3. The highest BCUT2D eigenvalue weighted by Crippen LogP contribution is 2.48. The number of anilines is 1. The van der Waals surface area contributed by atoms with Gasteiger partial charge in [0.05, 0.1) is 36.6 Å². The summed E-state index contributed by atoms with van der Waals surface area (Å²) >= 11 is 0. The average Bonchev–Trinajstić information content (AvgIpc) is 3.88. The first-order valence-electron chi connectivity index (χ1n) is 21.4. The summed E-state index contributed by atoms with van der Waals surface area (Å²) in [5, 5.41) is 37.7. The number of alkyl carbamates (subject to hydrolysis) is 1. The van der Waals surface area contributed by atoms with E-state index in [0.29, 0.717) is 28.2 Å². The molecule has 4 N–H and O–H groups in total. The second-order valence-electron chi connectivity index (χ2n) is 16.4. The van der Waals surface area contributed by atoms with Crippen molar-refractivity contribution in [2.75, 3.05) is 31.3 Å². The molecule has 1 fully saturated rings. The number of Topliss-reactive ketones (excluding diaryl/α,β-unsaturated/α-hetero) is 3. The van der Waals surface area contributed by atoms with Crippen LogP contribution in [0.25, 0.3) is 0 Å². The molecule has 67 heavy (non-hydrogen) atoms. The lowest BCUT2D eigenvalue weighted by Crippen LogP contribution is -2.54. The molecule has 0 saturated carbocycles. The number of aliphatic imine (C=N–C) groups is 1. The zero-order chi connectivity index (χ0) is 47.5. The number of imide groups is 1. The van der Waals surface area contributed by atoms with Gasteiger partial charge in [-0.15, -0.1) is 0 Å². The zero-order valence-electron chi connectivity index (χ0n) is 35.9. The van der Waals surface area contributed by atoms with Gasteiger partial charge in [0.25, 0.3) is 11.8 Å². The van der Waals surface area contributed by atoms with Gasteiger partial charge in [-0.05, 0) is 53.9 Å². The van der Waals surface area contributed by atoms with E-state index in [2.05, 4.69) is 20.4 Å². The molecule has 0 bridgehead atoms. The minimum atomic E-state index is -1.65. The van der Waals surface area contributed by atoms with E-state index in [4.69, 9.17) is 14.2 Å². The smallest absolute Gasteiger partial charge is 0.408 e. The Balaban J connectivity index is 0.982. The number of aliphatic hydroxyl groups excluding tert-OH is 3. The van der Waals surface area contributed by atoms with Gasteiger partial charge in [-0.2, -0.15) is 5.10 Å². The van der Waals surface area contributed by atoms with Crippen molar-refractivity contribution in [2.45, 2.75) is 75.3 Å². The Morgan fingerprint density at radius 3 is 2.39 bits per heavy atom. The molecular weight excluding hydrogens is 881 g/mol. The average molecular weight is 926 g/mol. The lowest BCUT2D eigenvalue weighted by Gasteiger charge is -2.45. The molecule has 6 atom stereocenters. The molecule has 0 unspecified atom stereocenters. The first-order valence-corrected chi connectivity index (χ1v) is 21.4. The molecule has 19 nitrogen and oxygen atoms in total.